The molecule has 232 valence electrons. The maximum atomic E-state index is 5.46. The Morgan fingerprint density at radius 3 is 0.821 bits per heavy atom. The van der Waals surface area contributed by atoms with Gasteiger partial charge in [0.2, 0.25) is 4.91 Å². The molecule has 0 rings (SSSR count). The highest BCUT2D eigenvalue weighted by atomic mass is 16.6. The van der Waals surface area contributed by atoms with E-state index in [0.29, 0.717) is 152 Å². The van der Waals surface area contributed by atoms with Crippen LogP contribution in [-0.2, 0) is 52.1 Å². The molecule has 0 aromatic carbocycles. The molecule has 39 heavy (non-hydrogen) atoms. The molecule has 0 aromatic rings. The molecule has 0 aliphatic carbocycles. The summed E-state index contributed by atoms with van der Waals surface area (Å²) < 4.78 is 59.3. The molecular weight excluding hydrogens is 518 g/mol. The Bertz CT molecular complexity index is 516. The zero-order valence-electron chi connectivity index (χ0n) is 24.1. The smallest absolute Gasteiger partial charge is 0.216 e. The van der Waals surface area contributed by atoms with Gasteiger partial charge in [0.1, 0.15) is 23.8 Å². The van der Waals surface area contributed by atoms with Crippen LogP contribution in [0.25, 0.3) is 0 Å². The molecule has 0 fully saturated rings. The summed E-state index contributed by atoms with van der Waals surface area (Å²) in [6.45, 7) is 14.3. The SMILES string of the molecule is CCOCCOCCOCCOCCOCCOCCOCCOCCOCCOCCOCCN=[N+]=NC. The van der Waals surface area contributed by atoms with E-state index in [-0.39, 0.29) is 0 Å². The lowest BCUT2D eigenvalue weighted by Gasteiger charge is -2.09. The lowest BCUT2D eigenvalue weighted by atomic mass is 10.6. The third-order valence-corrected chi connectivity index (χ3v) is 4.41. The van der Waals surface area contributed by atoms with Crippen molar-refractivity contribution in [1.82, 2.24) is 4.91 Å². The minimum Gasteiger partial charge on any atom is -0.379 e. The standard InChI is InChI=1S/C25H52N3O11/c1-3-29-6-7-31-10-11-33-14-15-35-18-19-37-22-23-39-25-24-38-21-20-36-17-16-34-13-12-32-9-8-30-5-4-27-28-26-2/h3-25H2,1-2H3/q+1. The van der Waals surface area contributed by atoms with Gasteiger partial charge in [0.15, 0.2) is 0 Å². The van der Waals surface area contributed by atoms with Crippen LogP contribution in [0.3, 0.4) is 0 Å². The average molecular weight is 571 g/mol. The molecule has 0 saturated carbocycles. The van der Waals surface area contributed by atoms with E-state index in [1.807, 2.05) is 6.92 Å². The Labute approximate surface area is 233 Å². The normalized spacial score (nSPS) is 11.1. The molecule has 0 spiro atoms. The van der Waals surface area contributed by atoms with Crippen molar-refractivity contribution in [3.8, 4) is 0 Å². The zero-order chi connectivity index (χ0) is 28.2. The van der Waals surface area contributed by atoms with Gasteiger partial charge in [-0.3, -0.25) is 0 Å². The van der Waals surface area contributed by atoms with E-state index in [0.717, 1.165) is 0 Å². The fraction of sp³-hybridized carbons (Fsp3) is 1.00. The molecule has 0 bridgehead atoms. The summed E-state index contributed by atoms with van der Waals surface area (Å²) in [4.78, 5) is 3.50. The van der Waals surface area contributed by atoms with Crippen molar-refractivity contribution >= 4 is 0 Å². The second-order valence-corrected chi connectivity index (χ2v) is 7.48. The Hall–Kier alpha value is -1.13. The van der Waals surface area contributed by atoms with Gasteiger partial charge in [0.25, 0.3) is 0 Å². The van der Waals surface area contributed by atoms with Crippen LogP contribution in [-0.4, -0.2) is 159 Å². The first-order valence-electron chi connectivity index (χ1n) is 13.7. The van der Waals surface area contributed by atoms with E-state index in [2.05, 4.69) is 15.1 Å². The highest BCUT2D eigenvalue weighted by molar-refractivity contribution is 4.39. The minimum atomic E-state index is 0.498. The predicted octanol–water partition coefficient (Wildman–Crippen LogP) is 0.790. The summed E-state index contributed by atoms with van der Waals surface area (Å²) in [5.74, 6) is 0. The van der Waals surface area contributed by atoms with Crippen LogP contribution in [0.5, 0.6) is 0 Å². The van der Waals surface area contributed by atoms with E-state index >= 15 is 0 Å². The van der Waals surface area contributed by atoms with Crippen LogP contribution in [0, 0.1) is 0 Å². The second-order valence-electron chi connectivity index (χ2n) is 7.48. The highest BCUT2D eigenvalue weighted by Crippen LogP contribution is 1.87. The van der Waals surface area contributed by atoms with Gasteiger partial charge < -0.3 is 52.1 Å². The first-order valence-corrected chi connectivity index (χ1v) is 13.7. The lowest BCUT2D eigenvalue weighted by molar-refractivity contribution is -0.0273. The van der Waals surface area contributed by atoms with Crippen LogP contribution < -0.4 is 4.91 Å². The number of rotatable bonds is 34. The number of hydrogen-bond acceptors (Lipinski definition) is 13. The van der Waals surface area contributed by atoms with E-state index in [4.69, 9.17) is 52.1 Å². The number of hydrogen-bond donors (Lipinski definition) is 0. The van der Waals surface area contributed by atoms with Crippen LogP contribution in [0.1, 0.15) is 6.92 Å². The van der Waals surface area contributed by atoms with Gasteiger partial charge >= 0.3 is 0 Å². The van der Waals surface area contributed by atoms with Gasteiger partial charge in [-0.25, -0.2) is 0 Å². The maximum Gasteiger partial charge on any atom is 0.216 e. The van der Waals surface area contributed by atoms with E-state index in [1.54, 1.807) is 7.05 Å². The first kappa shape index (κ1) is 37.9. The average Bonchev–Trinajstić information content (AvgIpc) is 2.95. The van der Waals surface area contributed by atoms with Crippen molar-refractivity contribution in [2.75, 3.05) is 159 Å². The van der Waals surface area contributed by atoms with Gasteiger partial charge in [-0.1, -0.05) is 0 Å². The van der Waals surface area contributed by atoms with E-state index < -0.39 is 0 Å². The lowest BCUT2D eigenvalue weighted by Crippen LogP contribution is -2.15. The summed E-state index contributed by atoms with van der Waals surface area (Å²) >= 11 is 0. The summed E-state index contributed by atoms with van der Waals surface area (Å²) in [5, 5.41) is 7.27. The first-order chi connectivity index (χ1) is 19.4. The van der Waals surface area contributed by atoms with Crippen molar-refractivity contribution in [3.63, 3.8) is 0 Å². The molecule has 0 amide bonds. The molecule has 0 N–H and O–H groups in total. The molecule has 0 aliphatic rings. The molecule has 0 aromatic heterocycles. The molecule has 14 heteroatoms. The molecule has 0 heterocycles. The van der Waals surface area contributed by atoms with Crippen LogP contribution in [0.15, 0.2) is 10.2 Å². The monoisotopic (exact) mass is 570 g/mol. The summed E-state index contributed by atoms with van der Waals surface area (Å²) in [7, 11) is 1.57. The number of nitrogens with zero attached hydrogens (tertiary/aromatic N) is 3. The fourth-order valence-electron chi connectivity index (χ4n) is 2.56. The Balaban J connectivity index is 3.03. The highest BCUT2D eigenvalue weighted by Gasteiger charge is 1.96. The van der Waals surface area contributed by atoms with Gasteiger partial charge in [-0.05, 0) is 6.92 Å². The van der Waals surface area contributed by atoms with Gasteiger partial charge in [-0.2, -0.15) is 0 Å². The molecule has 0 saturated heterocycles. The Morgan fingerprint density at radius 2 is 0.590 bits per heavy atom. The van der Waals surface area contributed by atoms with Crippen molar-refractivity contribution in [1.29, 1.82) is 0 Å². The van der Waals surface area contributed by atoms with Crippen LogP contribution >= 0.6 is 0 Å². The third-order valence-electron chi connectivity index (χ3n) is 4.41. The third kappa shape index (κ3) is 36.9. The number of ether oxygens (including phenoxy) is 11. The summed E-state index contributed by atoms with van der Waals surface area (Å²) in [5.41, 5.74) is 0. The van der Waals surface area contributed by atoms with Crippen LogP contribution in [0.2, 0.25) is 0 Å². The second kappa shape index (κ2) is 36.9. The van der Waals surface area contributed by atoms with Crippen molar-refractivity contribution < 1.29 is 52.1 Å². The summed E-state index contributed by atoms with van der Waals surface area (Å²) in [6.07, 6.45) is 0. The van der Waals surface area contributed by atoms with Crippen molar-refractivity contribution in [2.45, 2.75) is 6.92 Å². The quantitative estimate of drug-likeness (QED) is 0.0616. The minimum absolute atomic E-state index is 0.498. The van der Waals surface area contributed by atoms with Gasteiger partial charge in [-0.15, -0.1) is 0 Å². The molecular formula is C25H52N3O11+. The largest absolute Gasteiger partial charge is 0.379 e. The molecule has 0 radical (unpaired) electrons. The van der Waals surface area contributed by atoms with Gasteiger partial charge in [0, 0.05) is 6.61 Å². The zero-order valence-corrected chi connectivity index (χ0v) is 24.1. The summed E-state index contributed by atoms with van der Waals surface area (Å²) in [6, 6.07) is 0. The van der Waals surface area contributed by atoms with Crippen molar-refractivity contribution in [2.24, 2.45) is 10.2 Å². The topological polar surface area (TPSA) is 140 Å². The molecule has 0 atom stereocenters. The molecule has 0 unspecified atom stereocenters. The van der Waals surface area contributed by atoms with E-state index in [1.165, 1.54) is 0 Å². The predicted molar refractivity (Wildman–Crippen MR) is 142 cm³/mol. The maximum absolute atomic E-state index is 5.46. The van der Waals surface area contributed by atoms with Gasteiger partial charge in [0.05, 0.1) is 139 Å². The Kier molecular flexibility index (Phi) is 35.8. The Morgan fingerprint density at radius 1 is 0.359 bits per heavy atom. The van der Waals surface area contributed by atoms with E-state index in [9.17, 15) is 0 Å². The molecule has 0 aliphatic heterocycles. The molecule has 14 nitrogen and oxygen atoms in total. The fourth-order valence-corrected chi connectivity index (χ4v) is 2.56. The van der Waals surface area contributed by atoms with Crippen LogP contribution in [0.4, 0.5) is 0 Å². The van der Waals surface area contributed by atoms with Crippen molar-refractivity contribution in [3.05, 3.63) is 0 Å².